The van der Waals surface area contributed by atoms with Gasteiger partial charge >= 0.3 is 0 Å². The number of ether oxygens (including phenoxy) is 2. The van der Waals surface area contributed by atoms with E-state index in [-0.39, 0.29) is 5.60 Å². The minimum absolute atomic E-state index is 0.147. The maximum absolute atomic E-state index is 5.89. The average Bonchev–Trinajstić information content (AvgIpc) is 2.82. The predicted molar refractivity (Wildman–Crippen MR) is 84.3 cm³/mol. The first-order valence-corrected chi connectivity index (χ1v) is 7.34. The van der Waals surface area contributed by atoms with Crippen LogP contribution in [-0.4, -0.2) is 26.4 Å². The topological polar surface area (TPSA) is 43.6 Å². The minimum Gasteiger partial charge on any atom is -0.459 e. The van der Waals surface area contributed by atoms with Crippen molar-refractivity contribution in [2.75, 3.05) is 20.8 Å². The molecule has 2 aromatic rings. The highest BCUT2D eigenvalue weighted by Gasteiger charge is 2.17. The highest BCUT2D eigenvalue weighted by molar-refractivity contribution is 5.82. The Bertz CT molecular complexity index is 574. The molecule has 1 N–H and O–H groups in total. The van der Waals surface area contributed by atoms with Crippen LogP contribution in [0.25, 0.3) is 11.0 Å². The van der Waals surface area contributed by atoms with Crippen LogP contribution in [0.5, 0.6) is 0 Å². The van der Waals surface area contributed by atoms with Crippen LogP contribution in [0.3, 0.4) is 0 Å². The third-order valence-electron chi connectivity index (χ3n) is 3.77. The summed E-state index contributed by atoms with van der Waals surface area (Å²) in [4.78, 5) is 0. The van der Waals surface area contributed by atoms with Gasteiger partial charge in [0.1, 0.15) is 11.3 Å². The van der Waals surface area contributed by atoms with Gasteiger partial charge in [-0.25, -0.2) is 0 Å². The van der Waals surface area contributed by atoms with Gasteiger partial charge in [-0.2, -0.15) is 0 Å². The van der Waals surface area contributed by atoms with Gasteiger partial charge in [-0.05, 0) is 33.4 Å². The van der Waals surface area contributed by atoms with Crippen molar-refractivity contribution in [1.82, 2.24) is 5.32 Å². The highest BCUT2D eigenvalue weighted by atomic mass is 16.5. The Labute approximate surface area is 126 Å². The van der Waals surface area contributed by atoms with Crippen LogP contribution in [0.15, 0.2) is 28.7 Å². The number of hydrogen-bond acceptors (Lipinski definition) is 4. The molecule has 116 valence electrons. The second-order valence-electron chi connectivity index (χ2n) is 5.80. The quantitative estimate of drug-likeness (QED) is 0.756. The van der Waals surface area contributed by atoms with E-state index < -0.39 is 0 Å². The molecule has 0 saturated carbocycles. The number of rotatable bonds is 8. The predicted octanol–water partition coefficient (Wildman–Crippen LogP) is 3.48. The lowest BCUT2D eigenvalue weighted by molar-refractivity contribution is -0.0124. The van der Waals surface area contributed by atoms with Crippen LogP contribution in [0.2, 0.25) is 0 Å². The van der Waals surface area contributed by atoms with E-state index in [1.807, 2.05) is 25.2 Å². The molecule has 4 heteroatoms. The van der Waals surface area contributed by atoms with Crippen molar-refractivity contribution < 1.29 is 13.9 Å². The van der Waals surface area contributed by atoms with Gasteiger partial charge in [0.05, 0.1) is 18.8 Å². The summed E-state index contributed by atoms with van der Waals surface area (Å²) in [5.74, 6) is 0.949. The molecular formula is C17H25NO3. The number of furan rings is 1. The number of benzene rings is 1. The van der Waals surface area contributed by atoms with E-state index in [1.54, 1.807) is 7.11 Å². The fourth-order valence-electron chi connectivity index (χ4n) is 2.21. The Balaban J connectivity index is 2.05. The zero-order valence-corrected chi connectivity index (χ0v) is 13.4. The Morgan fingerprint density at radius 3 is 2.71 bits per heavy atom. The molecule has 2 rings (SSSR count). The first kappa shape index (κ1) is 16.0. The first-order chi connectivity index (χ1) is 10.1. The fraction of sp³-hybridized carbons (Fsp3) is 0.529. The van der Waals surface area contributed by atoms with Gasteiger partial charge in [0, 0.05) is 24.7 Å². The minimum atomic E-state index is -0.147. The van der Waals surface area contributed by atoms with E-state index in [9.17, 15) is 0 Å². The maximum atomic E-state index is 5.89. The molecule has 0 aliphatic rings. The van der Waals surface area contributed by atoms with E-state index in [4.69, 9.17) is 13.9 Å². The lowest BCUT2D eigenvalue weighted by atomic mass is 10.1. The molecule has 0 fully saturated rings. The van der Waals surface area contributed by atoms with Gasteiger partial charge in [0.15, 0.2) is 0 Å². The van der Waals surface area contributed by atoms with Crippen molar-refractivity contribution in [3.8, 4) is 0 Å². The maximum Gasteiger partial charge on any atom is 0.134 e. The van der Waals surface area contributed by atoms with E-state index in [0.717, 1.165) is 28.7 Å². The molecule has 21 heavy (non-hydrogen) atoms. The van der Waals surface area contributed by atoms with Gasteiger partial charge < -0.3 is 19.2 Å². The lowest BCUT2D eigenvalue weighted by Crippen LogP contribution is -2.24. The van der Waals surface area contributed by atoms with Crippen molar-refractivity contribution in [2.24, 2.45) is 0 Å². The average molecular weight is 291 g/mol. The number of nitrogens with one attached hydrogen (secondary N) is 1. The molecule has 1 aromatic carbocycles. The summed E-state index contributed by atoms with van der Waals surface area (Å²) in [5.41, 5.74) is 1.90. The molecule has 0 bridgehead atoms. The molecular weight excluding hydrogens is 266 g/mol. The van der Waals surface area contributed by atoms with E-state index in [0.29, 0.717) is 19.8 Å². The summed E-state index contributed by atoms with van der Waals surface area (Å²) in [6.45, 7) is 6.07. The fourth-order valence-corrected chi connectivity index (χ4v) is 2.21. The van der Waals surface area contributed by atoms with Gasteiger partial charge in [-0.1, -0.05) is 18.2 Å². The summed E-state index contributed by atoms with van der Waals surface area (Å²) < 4.78 is 17.1. The summed E-state index contributed by atoms with van der Waals surface area (Å²) in [5, 5.41) is 4.27. The molecule has 1 heterocycles. The Morgan fingerprint density at radius 2 is 2.00 bits per heavy atom. The van der Waals surface area contributed by atoms with Gasteiger partial charge in [0.25, 0.3) is 0 Å². The van der Waals surface area contributed by atoms with Crippen LogP contribution >= 0.6 is 0 Å². The van der Waals surface area contributed by atoms with Crippen molar-refractivity contribution in [1.29, 1.82) is 0 Å². The largest absolute Gasteiger partial charge is 0.459 e. The van der Waals surface area contributed by atoms with Crippen molar-refractivity contribution in [3.05, 3.63) is 35.6 Å². The SMILES string of the molecule is CNCc1oc2ccccc2c1COCCC(C)(C)OC. The van der Waals surface area contributed by atoms with Gasteiger partial charge in [-0.3, -0.25) is 0 Å². The van der Waals surface area contributed by atoms with E-state index in [1.165, 1.54) is 0 Å². The molecule has 4 nitrogen and oxygen atoms in total. The Hall–Kier alpha value is -1.36. The molecule has 0 amide bonds. The van der Waals surface area contributed by atoms with E-state index in [2.05, 4.69) is 25.2 Å². The highest BCUT2D eigenvalue weighted by Crippen LogP contribution is 2.26. The molecule has 1 aromatic heterocycles. The first-order valence-electron chi connectivity index (χ1n) is 7.34. The third-order valence-corrected chi connectivity index (χ3v) is 3.77. The van der Waals surface area contributed by atoms with Crippen molar-refractivity contribution >= 4 is 11.0 Å². The van der Waals surface area contributed by atoms with E-state index >= 15 is 0 Å². The molecule has 0 saturated heterocycles. The molecule has 0 radical (unpaired) electrons. The van der Waals surface area contributed by atoms with Crippen molar-refractivity contribution in [3.63, 3.8) is 0 Å². The standard InChI is InChI=1S/C17H25NO3/c1-17(2,19-4)9-10-20-12-14-13-7-5-6-8-15(13)21-16(14)11-18-3/h5-8,18H,9-12H2,1-4H3. The number of para-hydroxylation sites is 1. The summed E-state index contributed by atoms with van der Waals surface area (Å²) >= 11 is 0. The monoisotopic (exact) mass is 291 g/mol. The summed E-state index contributed by atoms with van der Waals surface area (Å²) in [6.07, 6.45) is 0.862. The molecule has 0 unspecified atom stereocenters. The van der Waals surface area contributed by atoms with Crippen LogP contribution < -0.4 is 5.32 Å². The van der Waals surface area contributed by atoms with Crippen LogP contribution in [-0.2, 0) is 22.6 Å². The molecule has 0 spiro atoms. The Kier molecular flexibility index (Phi) is 5.39. The van der Waals surface area contributed by atoms with Gasteiger partial charge in [0.2, 0.25) is 0 Å². The third kappa shape index (κ3) is 4.06. The lowest BCUT2D eigenvalue weighted by Gasteiger charge is -2.22. The second-order valence-corrected chi connectivity index (χ2v) is 5.80. The van der Waals surface area contributed by atoms with Crippen molar-refractivity contribution in [2.45, 2.75) is 39.0 Å². The molecule has 0 aliphatic carbocycles. The normalized spacial score (nSPS) is 12.2. The number of hydrogen-bond donors (Lipinski definition) is 1. The summed E-state index contributed by atoms with van der Waals surface area (Å²) in [6, 6.07) is 8.08. The van der Waals surface area contributed by atoms with Crippen LogP contribution in [0.1, 0.15) is 31.6 Å². The molecule has 0 aliphatic heterocycles. The zero-order chi connectivity index (χ0) is 15.3. The smallest absolute Gasteiger partial charge is 0.134 e. The van der Waals surface area contributed by atoms with Crippen LogP contribution in [0, 0.1) is 0 Å². The number of fused-ring (bicyclic) bond motifs is 1. The number of methoxy groups -OCH3 is 1. The Morgan fingerprint density at radius 1 is 1.24 bits per heavy atom. The summed E-state index contributed by atoms with van der Waals surface area (Å²) in [7, 11) is 3.65. The molecule has 0 atom stereocenters. The van der Waals surface area contributed by atoms with Crippen LogP contribution in [0.4, 0.5) is 0 Å². The second kappa shape index (κ2) is 7.07. The zero-order valence-electron chi connectivity index (χ0n) is 13.4. The van der Waals surface area contributed by atoms with Gasteiger partial charge in [-0.15, -0.1) is 0 Å².